The van der Waals surface area contributed by atoms with Crippen molar-refractivity contribution in [2.45, 2.75) is 0 Å². The Labute approximate surface area is 149 Å². The minimum absolute atomic E-state index is 0.170. The van der Waals surface area contributed by atoms with Crippen LogP contribution in [0.5, 0.6) is 17.2 Å². The number of nitrogens with one attached hydrogen (secondary N) is 2. The molecule has 0 fully saturated rings. The summed E-state index contributed by atoms with van der Waals surface area (Å²) in [7, 11) is 4.34. The van der Waals surface area contributed by atoms with Gasteiger partial charge in [0.05, 0.1) is 21.3 Å². The highest BCUT2D eigenvalue weighted by molar-refractivity contribution is 6.29. The molecule has 0 bridgehead atoms. The van der Waals surface area contributed by atoms with Gasteiger partial charge in [-0.25, -0.2) is 4.98 Å². The first-order valence-electron chi connectivity index (χ1n) is 7.02. The lowest BCUT2D eigenvalue weighted by atomic mass is 10.1. The van der Waals surface area contributed by atoms with Crippen molar-refractivity contribution in [1.82, 2.24) is 15.8 Å². The summed E-state index contributed by atoms with van der Waals surface area (Å²) < 4.78 is 15.6. The van der Waals surface area contributed by atoms with Gasteiger partial charge in [-0.05, 0) is 24.3 Å². The number of ether oxygens (including phenoxy) is 3. The maximum Gasteiger partial charge on any atom is 0.269 e. The second kappa shape index (κ2) is 8.20. The molecule has 0 aliphatic heterocycles. The Morgan fingerprint density at radius 1 is 0.920 bits per heavy atom. The zero-order valence-corrected chi connectivity index (χ0v) is 14.5. The van der Waals surface area contributed by atoms with Crippen molar-refractivity contribution in [3.05, 3.63) is 46.7 Å². The molecule has 132 valence electrons. The third kappa shape index (κ3) is 4.30. The number of rotatable bonds is 5. The van der Waals surface area contributed by atoms with Crippen molar-refractivity contribution in [3.63, 3.8) is 0 Å². The van der Waals surface area contributed by atoms with Crippen LogP contribution in [-0.4, -0.2) is 38.1 Å². The van der Waals surface area contributed by atoms with Crippen molar-refractivity contribution >= 4 is 23.4 Å². The Morgan fingerprint density at radius 2 is 1.48 bits per heavy atom. The van der Waals surface area contributed by atoms with E-state index >= 15 is 0 Å². The monoisotopic (exact) mass is 365 g/mol. The number of hydrazine groups is 1. The van der Waals surface area contributed by atoms with Crippen molar-refractivity contribution in [2.24, 2.45) is 0 Å². The molecule has 2 amide bonds. The highest BCUT2D eigenvalue weighted by atomic mass is 35.5. The topological polar surface area (TPSA) is 98.8 Å². The summed E-state index contributed by atoms with van der Waals surface area (Å²) >= 11 is 5.72. The van der Waals surface area contributed by atoms with E-state index in [-0.39, 0.29) is 16.3 Å². The molecule has 1 aromatic carbocycles. The summed E-state index contributed by atoms with van der Waals surface area (Å²) in [4.78, 5) is 28.0. The normalized spacial score (nSPS) is 9.92. The van der Waals surface area contributed by atoms with Gasteiger partial charge < -0.3 is 14.2 Å². The van der Waals surface area contributed by atoms with Gasteiger partial charge in [-0.2, -0.15) is 0 Å². The van der Waals surface area contributed by atoms with Crippen LogP contribution in [0.15, 0.2) is 30.5 Å². The van der Waals surface area contributed by atoms with Crippen LogP contribution in [0.3, 0.4) is 0 Å². The Morgan fingerprint density at radius 3 is 1.96 bits per heavy atom. The first-order chi connectivity index (χ1) is 12.0. The number of hydrogen-bond acceptors (Lipinski definition) is 6. The molecule has 9 heteroatoms. The number of amides is 2. The molecule has 0 saturated heterocycles. The third-order valence-electron chi connectivity index (χ3n) is 3.21. The molecule has 1 heterocycles. The van der Waals surface area contributed by atoms with Gasteiger partial charge in [0, 0.05) is 17.3 Å². The highest BCUT2D eigenvalue weighted by Crippen LogP contribution is 2.38. The molecule has 0 aliphatic carbocycles. The fourth-order valence-electron chi connectivity index (χ4n) is 2.01. The molecular weight excluding hydrogens is 350 g/mol. The molecular formula is C16H16ClN3O5. The summed E-state index contributed by atoms with van der Waals surface area (Å²) in [5, 5.41) is 0.170. The first-order valence-corrected chi connectivity index (χ1v) is 7.40. The summed E-state index contributed by atoms with van der Waals surface area (Å²) in [6.07, 6.45) is 1.39. The van der Waals surface area contributed by atoms with Crippen LogP contribution in [0, 0.1) is 0 Å². The van der Waals surface area contributed by atoms with Crippen molar-refractivity contribution in [2.75, 3.05) is 21.3 Å². The summed E-state index contributed by atoms with van der Waals surface area (Å²) in [5.41, 5.74) is 5.06. The second-order valence-electron chi connectivity index (χ2n) is 4.69. The van der Waals surface area contributed by atoms with E-state index in [2.05, 4.69) is 15.8 Å². The van der Waals surface area contributed by atoms with E-state index in [4.69, 9.17) is 25.8 Å². The fourth-order valence-corrected chi connectivity index (χ4v) is 2.19. The average Bonchev–Trinajstić information content (AvgIpc) is 2.64. The fraction of sp³-hybridized carbons (Fsp3) is 0.188. The van der Waals surface area contributed by atoms with Crippen LogP contribution in [-0.2, 0) is 0 Å². The molecule has 0 radical (unpaired) electrons. The number of nitrogens with zero attached hydrogens (tertiary/aromatic N) is 1. The minimum Gasteiger partial charge on any atom is -0.493 e. The van der Waals surface area contributed by atoms with Gasteiger partial charge in [0.2, 0.25) is 5.75 Å². The zero-order valence-electron chi connectivity index (χ0n) is 13.8. The van der Waals surface area contributed by atoms with Crippen LogP contribution in [0.4, 0.5) is 0 Å². The van der Waals surface area contributed by atoms with Gasteiger partial charge in [-0.3, -0.25) is 20.4 Å². The molecule has 2 rings (SSSR count). The predicted octanol–water partition coefficient (Wildman–Crippen LogP) is 1.84. The lowest BCUT2D eigenvalue weighted by Crippen LogP contribution is -2.41. The number of hydrogen-bond donors (Lipinski definition) is 2. The number of methoxy groups -OCH3 is 3. The number of pyridine rings is 1. The van der Waals surface area contributed by atoms with Crippen LogP contribution < -0.4 is 25.1 Å². The quantitative estimate of drug-likeness (QED) is 0.619. The number of benzene rings is 1. The number of carbonyl (C=O) groups excluding carboxylic acids is 2. The summed E-state index contributed by atoms with van der Waals surface area (Å²) in [5.74, 6) is -0.103. The first kappa shape index (κ1) is 18.3. The Kier molecular flexibility index (Phi) is 6.02. The number of carbonyl (C=O) groups is 2. The molecule has 25 heavy (non-hydrogen) atoms. The molecule has 0 aliphatic rings. The summed E-state index contributed by atoms with van der Waals surface area (Å²) in [6.45, 7) is 0. The highest BCUT2D eigenvalue weighted by Gasteiger charge is 2.17. The van der Waals surface area contributed by atoms with E-state index in [1.54, 1.807) is 0 Å². The molecule has 8 nitrogen and oxygen atoms in total. The van der Waals surface area contributed by atoms with Crippen molar-refractivity contribution in [1.29, 1.82) is 0 Å². The molecule has 0 spiro atoms. The van der Waals surface area contributed by atoms with E-state index in [9.17, 15) is 9.59 Å². The van der Waals surface area contributed by atoms with Gasteiger partial charge in [0.1, 0.15) is 5.15 Å². The molecule has 2 N–H and O–H groups in total. The maximum atomic E-state index is 12.3. The Balaban J connectivity index is 2.14. The number of aromatic nitrogens is 1. The van der Waals surface area contributed by atoms with E-state index in [0.717, 1.165) is 0 Å². The van der Waals surface area contributed by atoms with Gasteiger partial charge in [-0.1, -0.05) is 11.6 Å². The Hall–Kier alpha value is -3.00. The molecule has 0 atom stereocenters. The minimum atomic E-state index is -0.562. The molecule has 0 saturated carbocycles. The summed E-state index contributed by atoms with van der Waals surface area (Å²) in [6, 6.07) is 5.77. The van der Waals surface area contributed by atoms with Crippen LogP contribution in [0.2, 0.25) is 5.15 Å². The average molecular weight is 366 g/mol. The van der Waals surface area contributed by atoms with Gasteiger partial charge in [-0.15, -0.1) is 0 Å². The maximum absolute atomic E-state index is 12.3. The van der Waals surface area contributed by atoms with Crippen molar-refractivity contribution < 1.29 is 23.8 Å². The standard InChI is InChI=1S/C16H16ClN3O5/c1-23-11-6-10(7-12(24-2)14(11)25-3)16(22)20-19-15(21)9-4-5-18-13(17)8-9/h4-8H,1-3H3,(H,19,21)(H,20,22). The lowest BCUT2D eigenvalue weighted by molar-refractivity contribution is 0.0846. The van der Waals surface area contributed by atoms with E-state index in [1.807, 2.05) is 0 Å². The largest absolute Gasteiger partial charge is 0.493 e. The second-order valence-corrected chi connectivity index (χ2v) is 5.08. The smallest absolute Gasteiger partial charge is 0.269 e. The van der Waals surface area contributed by atoms with Gasteiger partial charge in [0.25, 0.3) is 11.8 Å². The Bertz CT molecular complexity index is 772. The predicted molar refractivity (Wildman–Crippen MR) is 90.3 cm³/mol. The zero-order chi connectivity index (χ0) is 18.4. The molecule has 2 aromatic rings. The van der Waals surface area contributed by atoms with Crippen LogP contribution >= 0.6 is 11.6 Å². The molecule has 1 aromatic heterocycles. The lowest BCUT2D eigenvalue weighted by Gasteiger charge is -2.14. The van der Waals surface area contributed by atoms with Gasteiger partial charge >= 0.3 is 0 Å². The number of halogens is 1. The van der Waals surface area contributed by atoms with E-state index in [0.29, 0.717) is 17.2 Å². The molecule has 0 unspecified atom stereocenters. The van der Waals surface area contributed by atoms with Crippen LogP contribution in [0.25, 0.3) is 0 Å². The SMILES string of the molecule is COc1cc(C(=O)NNC(=O)c2ccnc(Cl)c2)cc(OC)c1OC. The van der Waals surface area contributed by atoms with Gasteiger partial charge in [0.15, 0.2) is 11.5 Å². The van der Waals surface area contributed by atoms with Crippen LogP contribution in [0.1, 0.15) is 20.7 Å². The van der Waals surface area contributed by atoms with E-state index in [1.165, 1.54) is 51.8 Å². The van der Waals surface area contributed by atoms with Crippen molar-refractivity contribution in [3.8, 4) is 17.2 Å². The third-order valence-corrected chi connectivity index (χ3v) is 3.41. The van der Waals surface area contributed by atoms with E-state index < -0.39 is 11.8 Å².